The van der Waals surface area contributed by atoms with Gasteiger partial charge < -0.3 is 10.4 Å². The molecule has 0 atom stereocenters. The largest absolute Gasteiger partial charge is 0.506 e. The highest BCUT2D eigenvalue weighted by Crippen LogP contribution is 2.28. The van der Waals surface area contributed by atoms with Crippen molar-refractivity contribution in [2.24, 2.45) is 0 Å². The maximum atomic E-state index is 12.6. The summed E-state index contributed by atoms with van der Waals surface area (Å²) in [5.74, 6) is -0.146. The molecule has 0 saturated heterocycles. The number of hydrogen-bond donors (Lipinski definition) is 2. The number of fused-ring (bicyclic) bond motifs is 1. The van der Waals surface area contributed by atoms with Crippen LogP contribution in [0.1, 0.15) is 21.5 Å². The van der Waals surface area contributed by atoms with E-state index in [0.717, 1.165) is 21.9 Å². The molecule has 0 spiro atoms. The van der Waals surface area contributed by atoms with Crippen molar-refractivity contribution >= 4 is 22.4 Å². The summed E-state index contributed by atoms with van der Waals surface area (Å²) in [6, 6.07) is 16.8. The van der Waals surface area contributed by atoms with Crippen LogP contribution in [0.2, 0.25) is 0 Å². The van der Waals surface area contributed by atoms with Gasteiger partial charge in [0.1, 0.15) is 5.75 Å². The molecule has 0 fully saturated rings. The number of nitrogens with one attached hydrogen (secondary N) is 1. The standard InChI is InChI=1S/C19H17NO2/c1-12-10-17(18(21)11-13(12)2)20-19(22)16-9-5-7-14-6-3-4-8-15(14)16/h3-11,21H,1-2H3,(H,20,22). The van der Waals surface area contributed by atoms with Gasteiger partial charge in [-0.2, -0.15) is 0 Å². The number of benzene rings is 3. The Balaban J connectivity index is 1.99. The number of aromatic hydroxyl groups is 1. The van der Waals surface area contributed by atoms with E-state index in [1.54, 1.807) is 18.2 Å². The molecule has 3 heteroatoms. The van der Waals surface area contributed by atoms with Crippen LogP contribution < -0.4 is 5.32 Å². The van der Waals surface area contributed by atoms with E-state index in [-0.39, 0.29) is 11.7 Å². The van der Waals surface area contributed by atoms with Gasteiger partial charge in [0.05, 0.1) is 5.69 Å². The first-order chi connectivity index (χ1) is 10.6. The van der Waals surface area contributed by atoms with Crippen molar-refractivity contribution in [1.29, 1.82) is 0 Å². The van der Waals surface area contributed by atoms with Gasteiger partial charge in [-0.25, -0.2) is 0 Å². The Kier molecular flexibility index (Phi) is 3.55. The topological polar surface area (TPSA) is 49.3 Å². The quantitative estimate of drug-likeness (QED) is 0.687. The van der Waals surface area contributed by atoms with Crippen molar-refractivity contribution in [2.45, 2.75) is 13.8 Å². The number of aryl methyl sites for hydroxylation is 2. The second kappa shape index (κ2) is 5.53. The minimum absolute atomic E-state index is 0.0803. The van der Waals surface area contributed by atoms with Gasteiger partial charge in [-0.1, -0.05) is 36.4 Å². The molecule has 3 aromatic carbocycles. The third-order valence-corrected chi connectivity index (χ3v) is 3.89. The van der Waals surface area contributed by atoms with Crippen molar-refractivity contribution < 1.29 is 9.90 Å². The van der Waals surface area contributed by atoms with Gasteiger partial charge >= 0.3 is 0 Å². The number of phenols is 1. The summed E-state index contributed by atoms with van der Waals surface area (Å²) in [4.78, 5) is 12.6. The molecular formula is C19H17NO2. The first-order valence-electron chi connectivity index (χ1n) is 7.15. The first kappa shape index (κ1) is 14.1. The van der Waals surface area contributed by atoms with Gasteiger partial charge in [0.25, 0.3) is 5.91 Å². The number of carbonyl (C=O) groups is 1. The van der Waals surface area contributed by atoms with Gasteiger partial charge in [0.2, 0.25) is 0 Å². The van der Waals surface area contributed by atoms with E-state index in [1.807, 2.05) is 50.2 Å². The van der Waals surface area contributed by atoms with Crippen LogP contribution in [0.4, 0.5) is 5.69 Å². The van der Waals surface area contributed by atoms with E-state index >= 15 is 0 Å². The number of rotatable bonds is 2. The second-order valence-corrected chi connectivity index (χ2v) is 5.43. The maximum Gasteiger partial charge on any atom is 0.256 e. The Morgan fingerprint density at radius 2 is 1.64 bits per heavy atom. The van der Waals surface area contributed by atoms with E-state index in [9.17, 15) is 9.90 Å². The highest BCUT2D eigenvalue weighted by molar-refractivity contribution is 6.13. The fourth-order valence-corrected chi connectivity index (χ4v) is 2.51. The van der Waals surface area contributed by atoms with E-state index in [0.29, 0.717) is 11.3 Å². The van der Waals surface area contributed by atoms with Gasteiger partial charge in [-0.3, -0.25) is 4.79 Å². The lowest BCUT2D eigenvalue weighted by Gasteiger charge is -2.11. The van der Waals surface area contributed by atoms with Gasteiger partial charge in [0, 0.05) is 5.56 Å². The molecule has 2 N–H and O–H groups in total. The molecule has 0 saturated carbocycles. The minimum atomic E-state index is -0.227. The number of hydrogen-bond acceptors (Lipinski definition) is 2. The van der Waals surface area contributed by atoms with E-state index < -0.39 is 0 Å². The maximum absolute atomic E-state index is 12.6. The Morgan fingerprint density at radius 3 is 2.45 bits per heavy atom. The Morgan fingerprint density at radius 1 is 0.955 bits per heavy atom. The molecule has 0 aliphatic rings. The van der Waals surface area contributed by atoms with Crippen LogP contribution in [-0.4, -0.2) is 11.0 Å². The predicted octanol–water partition coefficient (Wildman–Crippen LogP) is 4.41. The fourth-order valence-electron chi connectivity index (χ4n) is 2.51. The molecule has 0 radical (unpaired) electrons. The molecule has 0 aliphatic carbocycles. The zero-order chi connectivity index (χ0) is 15.7. The summed E-state index contributed by atoms with van der Waals surface area (Å²) in [7, 11) is 0. The average molecular weight is 291 g/mol. The highest BCUT2D eigenvalue weighted by Gasteiger charge is 2.12. The normalized spacial score (nSPS) is 10.6. The van der Waals surface area contributed by atoms with Crippen LogP contribution in [0.25, 0.3) is 10.8 Å². The van der Waals surface area contributed by atoms with Gasteiger partial charge in [-0.15, -0.1) is 0 Å². The van der Waals surface area contributed by atoms with Crippen molar-refractivity contribution in [3.8, 4) is 5.75 Å². The molecule has 0 aliphatic heterocycles. The van der Waals surface area contributed by atoms with Crippen molar-refractivity contribution in [3.63, 3.8) is 0 Å². The lowest BCUT2D eigenvalue weighted by atomic mass is 10.0. The summed E-state index contributed by atoms with van der Waals surface area (Å²) in [5, 5.41) is 14.7. The van der Waals surface area contributed by atoms with Crippen LogP contribution in [-0.2, 0) is 0 Å². The molecule has 3 aromatic rings. The predicted molar refractivity (Wildman–Crippen MR) is 89.5 cm³/mol. The highest BCUT2D eigenvalue weighted by atomic mass is 16.3. The molecule has 110 valence electrons. The summed E-state index contributed by atoms with van der Waals surface area (Å²) < 4.78 is 0. The Hall–Kier alpha value is -2.81. The summed E-state index contributed by atoms with van der Waals surface area (Å²) in [6.45, 7) is 3.87. The number of carbonyl (C=O) groups excluding carboxylic acids is 1. The molecule has 0 heterocycles. The van der Waals surface area contributed by atoms with Crippen LogP contribution in [0, 0.1) is 13.8 Å². The summed E-state index contributed by atoms with van der Waals surface area (Å²) >= 11 is 0. The fraction of sp³-hybridized carbons (Fsp3) is 0.105. The molecule has 22 heavy (non-hydrogen) atoms. The van der Waals surface area contributed by atoms with Crippen LogP contribution in [0.15, 0.2) is 54.6 Å². The Bertz CT molecular complexity index is 863. The van der Waals surface area contributed by atoms with Crippen molar-refractivity contribution in [3.05, 3.63) is 71.3 Å². The van der Waals surface area contributed by atoms with Crippen molar-refractivity contribution in [2.75, 3.05) is 5.32 Å². The van der Waals surface area contributed by atoms with Crippen molar-refractivity contribution in [1.82, 2.24) is 0 Å². The third kappa shape index (κ3) is 2.53. The zero-order valence-electron chi connectivity index (χ0n) is 12.6. The first-order valence-corrected chi connectivity index (χ1v) is 7.15. The average Bonchev–Trinajstić information content (AvgIpc) is 2.52. The number of amides is 1. The molecule has 0 unspecified atom stereocenters. The molecule has 1 amide bonds. The van der Waals surface area contributed by atoms with Gasteiger partial charge in [0.15, 0.2) is 0 Å². The molecular weight excluding hydrogens is 274 g/mol. The van der Waals surface area contributed by atoms with E-state index in [2.05, 4.69) is 5.32 Å². The molecule has 0 aromatic heterocycles. The Labute approximate surface area is 129 Å². The SMILES string of the molecule is Cc1cc(O)c(NC(=O)c2cccc3ccccc23)cc1C. The summed E-state index contributed by atoms with van der Waals surface area (Å²) in [5.41, 5.74) is 3.03. The molecule has 0 bridgehead atoms. The molecule has 3 rings (SSSR count). The number of anilines is 1. The smallest absolute Gasteiger partial charge is 0.256 e. The molecule has 3 nitrogen and oxygen atoms in total. The second-order valence-electron chi connectivity index (χ2n) is 5.43. The monoisotopic (exact) mass is 291 g/mol. The zero-order valence-corrected chi connectivity index (χ0v) is 12.6. The van der Waals surface area contributed by atoms with E-state index in [4.69, 9.17) is 0 Å². The minimum Gasteiger partial charge on any atom is -0.506 e. The van der Waals surface area contributed by atoms with Crippen LogP contribution in [0.5, 0.6) is 5.75 Å². The van der Waals surface area contributed by atoms with E-state index in [1.165, 1.54) is 0 Å². The van der Waals surface area contributed by atoms with Crippen LogP contribution in [0.3, 0.4) is 0 Å². The third-order valence-electron chi connectivity index (χ3n) is 3.89. The van der Waals surface area contributed by atoms with Crippen LogP contribution >= 0.6 is 0 Å². The lowest BCUT2D eigenvalue weighted by molar-refractivity contribution is 0.102. The van der Waals surface area contributed by atoms with Gasteiger partial charge in [-0.05, 0) is 53.9 Å². The lowest BCUT2D eigenvalue weighted by Crippen LogP contribution is -2.12. The number of phenolic OH excluding ortho intramolecular Hbond substituents is 1. The summed E-state index contributed by atoms with van der Waals surface area (Å²) in [6.07, 6.45) is 0.